The molecule has 0 aliphatic rings. The fraction of sp³-hybridized carbons (Fsp3) is 0.278. The number of carbonyl (C=O) groups excluding carboxylic acids is 1. The Kier molecular flexibility index (Phi) is 4.46. The lowest BCUT2D eigenvalue weighted by molar-refractivity contribution is 0.0955. The highest BCUT2D eigenvalue weighted by Crippen LogP contribution is 2.17. The number of carbonyl (C=O) groups is 1. The van der Waals surface area contributed by atoms with Gasteiger partial charge in [0.15, 0.2) is 5.65 Å². The average Bonchev–Trinajstić information content (AvgIpc) is 2.99. The van der Waals surface area contributed by atoms with Crippen LogP contribution >= 0.6 is 0 Å². The number of nitrogens with one attached hydrogen (secondary N) is 1. The van der Waals surface area contributed by atoms with E-state index in [0.29, 0.717) is 24.2 Å². The van der Waals surface area contributed by atoms with Crippen LogP contribution in [0.3, 0.4) is 0 Å². The van der Waals surface area contributed by atoms with Crippen LogP contribution in [0, 0.1) is 13.8 Å². The highest BCUT2D eigenvalue weighted by Gasteiger charge is 2.15. The van der Waals surface area contributed by atoms with E-state index in [9.17, 15) is 4.79 Å². The molecule has 1 N–H and O–H groups in total. The highest BCUT2D eigenvalue weighted by molar-refractivity contribution is 5.99. The Hall–Kier alpha value is -2.89. The number of nitrogens with zero attached hydrogens (tertiary/aromatic N) is 3. The number of para-hydroxylation sites is 1. The van der Waals surface area contributed by atoms with Gasteiger partial charge in [-0.15, -0.1) is 0 Å². The van der Waals surface area contributed by atoms with Gasteiger partial charge in [-0.05, 0) is 38.0 Å². The maximum Gasteiger partial charge on any atom is 0.256 e. The lowest BCUT2D eigenvalue weighted by Gasteiger charge is -2.09. The Balaban J connectivity index is 1.72. The molecule has 0 bridgehead atoms. The average molecular weight is 324 g/mol. The summed E-state index contributed by atoms with van der Waals surface area (Å²) in [5.74, 6) is 0.660. The van der Waals surface area contributed by atoms with Crippen molar-refractivity contribution in [3.63, 3.8) is 0 Å². The molecule has 24 heavy (non-hydrogen) atoms. The fourth-order valence-electron chi connectivity index (χ4n) is 2.75. The van der Waals surface area contributed by atoms with Gasteiger partial charge in [0.2, 0.25) is 0 Å². The summed E-state index contributed by atoms with van der Waals surface area (Å²) < 4.78 is 7.01. The number of hydrogen-bond acceptors (Lipinski definition) is 4. The summed E-state index contributed by atoms with van der Waals surface area (Å²) >= 11 is 0. The van der Waals surface area contributed by atoms with Gasteiger partial charge in [0.1, 0.15) is 11.3 Å². The molecule has 2 heterocycles. The Morgan fingerprint density at radius 1 is 1.29 bits per heavy atom. The second kappa shape index (κ2) is 6.70. The van der Waals surface area contributed by atoms with Crippen LogP contribution in [0.25, 0.3) is 5.65 Å². The van der Waals surface area contributed by atoms with Gasteiger partial charge in [0.05, 0.1) is 13.3 Å². The van der Waals surface area contributed by atoms with Crippen LogP contribution in [0.2, 0.25) is 0 Å². The first kappa shape index (κ1) is 16.0. The van der Waals surface area contributed by atoms with E-state index in [0.717, 1.165) is 22.7 Å². The minimum atomic E-state index is -0.169. The third-order valence-corrected chi connectivity index (χ3v) is 3.89. The van der Waals surface area contributed by atoms with E-state index in [4.69, 9.17) is 4.74 Å². The van der Waals surface area contributed by atoms with Crippen molar-refractivity contribution in [2.75, 3.05) is 13.7 Å². The third kappa shape index (κ3) is 3.08. The van der Waals surface area contributed by atoms with Crippen molar-refractivity contribution in [3.8, 4) is 5.75 Å². The first-order chi connectivity index (χ1) is 11.6. The third-order valence-electron chi connectivity index (χ3n) is 3.89. The molecule has 1 aromatic carbocycles. The fourth-order valence-corrected chi connectivity index (χ4v) is 2.75. The van der Waals surface area contributed by atoms with Crippen LogP contribution in [0.4, 0.5) is 0 Å². The molecular weight excluding hydrogens is 304 g/mol. The molecule has 2 aromatic heterocycles. The molecular formula is C18H20N4O2. The number of rotatable bonds is 5. The van der Waals surface area contributed by atoms with Crippen molar-refractivity contribution in [2.45, 2.75) is 20.3 Å². The van der Waals surface area contributed by atoms with Crippen molar-refractivity contribution >= 4 is 11.6 Å². The molecule has 0 fully saturated rings. The molecule has 0 aliphatic carbocycles. The SMILES string of the molecule is COc1ccccc1CCNC(=O)c1cnn2c(C)cc(C)nc12. The van der Waals surface area contributed by atoms with E-state index in [1.54, 1.807) is 17.8 Å². The largest absolute Gasteiger partial charge is 0.496 e. The number of ether oxygens (including phenoxy) is 1. The maximum absolute atomic E-state index is 12.5. The number of hydrogen-bond donors (Lipinski definition) is 1. The molecule has 0 unspecified atom stereocenters. The molecule has 3 rings (SSSR count). The molecule has 0 saturated heterocycles. The smallest absolute Gasteiger partial charge is 0.256 e. The molecule has 0 radical (unpaired) electrons. The summed E-state index contributed by atoms with van der Waals surface area (Å²) in [6.07, 6.45) is 2.26. The zero-order valence-electron chi connectivity index (χ0n) is 14.0. The predicted molar refractivity (Wildman–Crippen MR) is 91.5 cm³/mol. The van der Waals surface area contributed by atoms with Gasteiger partial charge in [-0.1, -0.05) is 18.2 Å². The van der Waals surface area contributed by atoms with E-state index in [2.05, 4.69) is 15.4 Å². The quantitative estimate of drug-likeness (QED) is 0.782. The summed E-state index contributed by atoms with van der Waals surface area (Å²) in [6, 6.07) is 9.73. The molecule has 6 nitrogen and oxygen atoms in total. The van der Waals surface area contributed by atoms with Gasteiger partial charge < -0.3 is 10.1 Å². The maximum atomic E-state index is 12.5. The number of aromatic nitrogens is 3. The molecule has 124 valence electrons. The number of aryl methyl sites for hydroxylation is 2. The molecule has 0 saturated carbocycles. The van der Waals surface area contributed by atoms with Gasteiger partial charge in [0.25, 0.3) is 5.91 Å². The molecule has 6 heteroatoms. The zero-order valence-corrected chi connectivity index (χ0v) is 14.0. The number of benzene rings is 1. The lowest BCUT2D eigenvalue weighted by Crippen LogP contribution is -2.25. The Labute approximate surface area is 140 Å². The second-order valence-corrected chi connectivity index (χ2v) is 5.65. The van der Waals surface area contributed by atoms with Gasteiger partial charge in [-0.3, -0.25) is 4.79 Å². The summed E-state index contributed by atoms with van der Waals surface area (Å²) in [4.78, 5) is 16.9. The summed E-state index contributed by atoms with van der Waals surface area (Å²) in [7, 11) is 1.65. The van der Waals surface area contributed by atoms with Crippen molar-refractivity contribution in [3.05, 3.63) is 59.0 Å². The summed E-state index contributed by atoms with van der Waals surface area (Å²) in [6.45, 7) is 4.36. The minimum absolute atomic E-state index is 0.169. The van der Waals surface area contributed by atoms with Gasteiger partial charge >= 0.3 is 0 Å². The molecule has 0 spiro atoms. The number of methoxy groups -OCH3 is 1. The second-order valence-electron chi connectivity index (χ2n) is 5.65. The van der Waals surface area contributed by atoms with Crippen LogP contribution in [0.5, 0.6) is 5.75 Å². The summed E-state index contributed by atoms with van der Waals surface area (Å²) in [5.41, 5.74) is 3.95. The topological polar surface area (TPSA) is 68.5 Å². The minimum Gasteiger partial charge on any atom is -0.496 e. The molecule has 3 aromatic rings. The Bertz CT molecular complexity index is 886. The molecule has 0 aliphatic heterocycles. The summed E-state index contributed by atoms with van der Waals surface area (Å²) in [5, 5.41) is 7.18. The highest BCUT2D eigenvalue weighted by atomic mass is 16.5. The predicted octanol–water partition coefficient (Wildman–Crippen LogP) is 2.33. The van der Waals surface area contributed by atoms with Gasteiger partial charge in [-0.25, -0.2) is 9.50 Å². The Morgan fingerprint density at radius 3 is 2.88 bits per heavy atom. The van der Waals surface area contributed by atoms with E-state index >= 15 is 0 Å². The van der Waals surface area contributed by atoms with E-state index in [1.165, 1.54) is 0 Å². The van der Waals surface area contributed by atoms with Crippen molar-refractivity contribution in [2.24, 2.45) is 0 Å². The van der Waals surface area contributed by atoms with Crippen molar-refractivity contribution in [1.29, 1.82) is 0 Å². The van der Waals surface area contributed by atoms with Gasteiger partial charge in [-0.2, -0.15) is 5.10 Å². The van der Waals surface area contributed by atoms with Gasteiger partial charge in [0, 0.05) is 17.9 Å². The van der Waals surface area contributed by atoms with E-state index < -0.39 is 0 Å². The lowest BCUT2D eigenvalue weighted by atomic mass is 10.1. The van der Waals surface area contributed by atoms with Crippen LogP contribution in [-0.4, -0.2) is 34.2 Å². The zero-order chi connectivity index (χ0) is 17.1. The van der Waals surface area contributed by atoms with Crippen LogP contribution in [0.1, 0.15) is 27.3 Å². The van der Waals surface area contributed by atoms with E-state index in [-0.39, 0.29) is 5.91 Å². The van der Waals surface area contributed by atoms with Crippen LogP contribution < -0.4 is 10.1 Å². The van der Waals surface area contributed by atoms with Crippen molar-refractivity contribution in [1.82, 2.24) is 19.9 Å². The first-order valence-electron chi connectivity index (χ1n) is 7.82. The monoisotopic (exact) mass is 324 g/mol. The standard InChI is InChI=1S/C18H20N4O2/c1-12-10-13(2)22-17(21-12)15(11-20-22)18(23)19-9-8-14-6-4-5-7-16(14)24-3/h4-7,10-11H,8-9H2,1-3H3,(H,19,23). The normalized spacial score (nSPS) is 10.8. The van der Waals surface area contributed by atoms with Crippen LogP contribution in [-0.2, 0) is 6.42 Å². The molecule has 1 amide bonds. The van der Waals surface area contributed by atoms with Crippen molar-refractivity contribution < 1.29 is 9.53 Å². The number of fused-ring (bicyclic) bond motifs is 1. The number of amides is 1. The first-order valence-corrected chi connectivity index (χ1v) is 7.82. The van der Waals surface area contributed by atoms with E-state index in [1.807, 2.05) is 44.2 Å². The molecule has 0 atom stereocenters. The Morgan fingerprint density at radius 2 is 2.08 bits per heavy atom. The van der Waals surface area contributed by atoms with Crippen LogP contribution in [0.15, 0.2) is 36.5 Å².